The third-order valence-electron chi connectivity index (χ3n) is 8.99. The highest BCUT2D eigenvalue weighted by atomic mass is 15.0. The summed E-state index contributed by atoms with van der Waals surface area (Å²) in [6, 6.07) is 56.2. The largest absolute Gasteiger partial charge is 0.255 e. The molecular weight excluding hydrogens is 611 g/mol. The van der Waals surface area contributed by atoms with Crippen LogP contribution in [0.2, 0.25) is 0 Å². The van der Waals surface area contributed by atoms with Crippen LogP contribution >= 0.6 is 0 Å². The number of hydrogen-bond acceptors (Lipinski definition) is 5. The Morgan fingerprint density at radius 1 is 0.320 bits per heavy atom. The van der Waals surface area contributed by atoms with E-state index in [4.69, 9.17) is 19.9 Å². The number of pyridine rings is 2. The van der Waals surface area contributed by atoms with Crippen molar-refractivity contribution in [3.05, 3.63) is 176 Å². The Bertz CT molecular complexity index is 2560. The number of fused-ring (bicyclic) bond motifs is 3. The van der Waals surface area contributed by atoms with Crippen molar-refractivity contribution in [2.24, 2.45) is 0 Å². The smallest absolute Gasteiger partial charge is 0.164 e. The highest BCUT2D eigenvalue weighted by Gasteiger charge is 2.17. The molecule has 5 heteroatoms. The molecule has 0 amide bonds. The van der Waals surface area contributed by atoms with Crippen molar-refractivity contribution in [1.29, 1.82) is 0 Å². The van der Waals surface area contributed by atoms with Gasteiger partial charge in [-0.25, -0.2) is 15.0 Å². The molecule has 0 N–H and O–H groups in total. The summed E-state index contributed by atoms with van der Waals surface area (Å²) in [5.41, 5.74) is 8.61. The van der Waals surface area contributed by atoms with Crippen LogP contribution in [0.15, 0.2) is 176 Å². The van der Waals surface area contributed by atoms with Crippen LogP contribution in [0.1, 0.15) is 0 Å². The fourth-order valence-electron chi connectivity index (χ4n) is 6.54. The Morgan fingerprint density at radius 3 is 1.54 bits per heavy atom. The average molecular weight is 640 g/mol. The molecule has 0 spiro atoms. The van der Waals surface area contributed by atoms with Gasteiger partial charge in [0, 0.05) is 34.6 Å². The summed E-state index contributed by atoms with van der Waals surface area (Å²) in [5, 5.41) is 4.82. The molecule has 9 rings (SSSR count). The number of hydrogen-bond donors (Lipinski definition) is 0. The molecule has 234 valence electrons. The van der Waals surface area contributed by atoms with Crippen molar-refractivity contribution in [2.45, 2.75) is 0 Å². The SMILES string of the molecule is c1ccc(-c2nc(-c3ccccc3)nc(-c3cc(-c4ccc(-c5ccccn5)nc4)cc(-c4cc5ccccc5c5ccccc45)c3)n2)cc1. The predicted octanol–water partition coefficient (Wildman–Crippen LogP) is 11.0. The fourth-order valence-corrected chi connectivity index (χ4v) is 6.54. The van der Waals surface area contributed by atoms with E-state index in [-0.39, 0.29) is 0 Å². The van der Waals surface area contributed by atoms with E-state index in [2.05, 4.69) is 83.8 Å². The van der Waals surface area contributed by atoms with Crippen LogP contribution in [0, 0.1) is 0 Å². The van der Waals surface area contributed by atoms with E-state index in [1.54, 1.807) is 6.20 Å². The van der Waals surface area contributed by atoms with Gasteiger partial charge in [0.1, 0.15) is 0 Å². The lowest BCUT2D eigenvalue weighted by atomic mass is 9.90. The summed E-state index contributed by atoms with van der Waals surface area (Å²) in [4.78, 5) is 24.4. The van der Waals surface area contributed by atoms with Gasteiger partial charge in [-0.2, -0.15) is 0 Å². The highest BCUT2D eigenvalue weighted by molar-refractivity contribution is 6.14. The van der Waals surface area contributed by atoms with Gasteiger partial charge >= 0.3 is 0 Å². The quantitative estimate of drug-likeness (QED) is 0.169. The summed E-state index contributed by atoms with van der Waals surface area (Å²) < 4.78 is 0. The zero-order chi connectivity index (χ0) is 33.3. The first kappa shape index (κ1) is 29.3. The van der Waals surface area contributed by atoms with Crippen molar-refractivity contribution < 1.29 is 0 Å². The average Bonchev–Trinajstić information content (AvgIpc) is 3.21. The predicted molar refractivity (Wildman–Crippen MR) is 203 cm³/mol. The van der Waals surface area contributed by atoms with E-state index >= 15 is 0 Å². The molecule has 0 atom stereocenters. The minimum atomic E-state index is 0.601. The molecule has 0 bridgehead atoms. The lowest BCUT2D eigenvalue weighted by Crippen LogP contribution is -2.00. The summed E-state index contributed by atoms with van der Waals surface area (Å²) in [6.07, 6.45) is 3.71. The molecule has 9 aromatic rings. The first-order chi connectivity index (χ1) is 24.8. The summed E-state index contributed by atoms with van der Waals surface area (Å²) in [6.45, 7) is 0. The normalized spacial score (nSPS) is 11.2. The zero-order valence-electron chi connectivity index (χ0n) is 27.0. The number of aromatic nitrogens is 5. The molecular formula is C45H29N5. The Kier molecular flexibility index (Phi) is 7.41. The van der Waals surface area contributed by atoms with Gasteiger partial charge in [-0.3, -0.25) is 9.97 Å². The maximum Gasteiger partial charge on any atom is 0.164 e. The van der Waals surface area contributed by atoms with Crippen molar-refractivity contribution >= 4 is 21.5 Å². The van der Waals surface area contributed by atoms with Crippen molar-refractivity contribution in [1.82, 2.24) is 24.9 Å². The molecule has 5 nitrogen and oxygen atoms in total. The molecule has 3 heterocycles. The maximum absolute atomic E-state index is 5.09. The van der Waals surface area contributed by atoms with Crippen LogP contribution in [-0.4, -0.2) is 24.9 Å². The Hall–Kier alpha value is -6.85. The van der Waals surface area contributed by atoms with E-state index in [0.29, 0.717) is 17.5 Å². The maximum atomic E-state index is 5.09. The number of benzene rings is 6. The van der Waals surface area contributed by atoms with Crippen molar-refractivity contribution in [3.8, 4) is 67.8 Å². The van der Waals surface area contributed by atoms with E-state index < -0.39 is 0 Å². The second-order valence-electron chi connectivity index (χ2n) is 12.2. The second kappa shape index (κ2) is 12.6. The minimum Gasteiger partial charge on any atom is -0.255 e. The van der Waals surface area contributed by atoms with Gasteiger partial charge in [-0.15, -0.1) is 0 Å². The topological polar surface area (TPSA) is 64.5 Å². The zero-order valence-corrected chi connectivity index (χ0v) is 27.0. The molecule has 0 aliphatic carbocycles. The monoisotopic (exact) mass is 639 g/mol. The molecule has 0 fully saturated rings. The van der Waals surface area contributed by atoms with Crippen molar-refractivity contribution in [2.75, 3.05) is 0 Å². The Labute approximate surface area is 289 Å². The summed E-state index contributed by atoms with van der Waals surface area (Å²) in [5.74, 6) is 1.85. The molecule has 3 aromatic heterocycles. The molecule has 0 saturated heterocycles. The van der Waals surface area contributed by atoms with E-state index in [1.807, 2.05) is 91.1 Å². The standard InChI is InChI=1S/C45H29N5/c1-3-13-30(14-4-1)43-48-44(31-15-5-2-6-16-31)50-45(49-43)36-26-34(33-22-23-42(47-29-33)41-21-11-12-24-46-41)25-35(27-36)40-28-32-17-7-8-18-37(32)38-19-9-10-20-39(38)40/h1-29H. The Morgan fingerprint density at radius 2 is 0.880 bits per heavy atom. The molecule has 0 unspecified atom stereocenters. The van der Waals surface area contributed by atoms with Crippen LogP contribution < -0.4 is 0 Å². The fraction of sp³-hybridized carbons (Fsp3) is 0. The van der Waals surface area contributed by atoms with Gasteiger partial charge < -0.3 is 0 Å². The van der Waals surface area contributed by atoms with Crippen LogP contribution in [-0.2, 0) is 0 Å². The lowest BCUT2D eigenvalue weighted by Gasteiger charge is -2.15. The van der Waals surface area contributed by atoms with Gasteiger partial charge in [0.2, 0.25) is 0 Å². The van der Waals surface area contributed by atoms with Crippen LogP contribution in [0.3, 0.4) is 0 Å². The van der Waals surface area contributed by atoms with Gasteiger partial charge in [-0.1, -0.05) is 121 Å². The molecule has 50 heavy (non-hydrogen) atoms. The lowest BCUT2D eigenvalue weighted by molar-refractivity contribution is 1.07. The van der Waals surface area contributed by atoms with E-state index in [0.717, 1.165) is 50.3 Å². The van der Waals surface area contributed by atoms with Crippen LogP contribution in [0.5, 0.6) is 0 Å². The molecule has 0 aliphatic heterocycles. The van der Waals surface area contributed by atoms with Gasteiger partial charge in [0.15, 0.2) is 17.5 Å². The van der Waals surface area contributed by atoms with Crippen LogP contribution in [0.25, 0.3) is 89.4 Å². The third-order valence-corrected chi connectivity index (χ3v) is 8.99. The molecule has 0 saturated carbocycles. The van der Waals surface area contributed by atoms with E-state index in [9.17, 15) is 0 Å². The number of rotatable bonds is 6. The van der Waals surface area contributed by atoms with Gasteiger partial charge in [-0.05, 0) is 80.7 Å². The molecule has 6 aromatic carbocycles. The molecule has 0 aliphatic rings. The van der Waals surface area contributed by atoms with Gasteiger partial charge in [0.25, 0.3) is 0 Å². The van der Waals surface area contributed by atoms with Crippen LogP contribution in [0.4, 0.5) is 0 Å². The molecule has 0 radical (unpaired) electrons. The van der Waals surface area contributed by atoms with E-state index in [1.165, 1.54) is 21.5 Å². The van der Waals surface area contributed by atoms with Crippen molar-refractivity contribution in [3.63, 3.8) is 0 Å². The van der Waals surface area contributed by atoms with Gasteiger partial charge in [0.05, 0.1) is 11.4 Å². The number of nitrogens with zero attached hydrogens (tertiary/aromatic N) is 5. The summed E-state index contributed by atoms with van der Waals surface area (Å²) >= 11 is 0. The summed E-state index contributed by atoms with van der Waals surface area (Å²) in [7, 11) is 0. The first-order valence-electron chi connectivity index (χ1n) is 16.6. The first-order valence-corrected chi connectivity index (χ1v) is 16.6. The Balaban J connectivity index is 1.28. The highest BCUT2D eigenvalue weighted by Crippen LogP contribution is 2.39. The minimum absolute atomic E-state index is 0.601. The second-order valence-corrected chi connectivity index (χ2v) is 12.2. The third kappa shape index (κ3) is 5.57.